The Balaban J connectivity index is 1.39. The number of ether oxygens (including phenoxy) is 1. The van der Waals surface area contributed by atoms with Crippen molar-refractivity contribution in [2.75, 3.05) is 0 Å². The number of carbonyl (C=O) groups excluding carboxylic acids is 1. The van der Waals surface area contributed by atoms with E-state index < -0.39 is 0 Å². The fraction of sp³-hybridized carbons (Fsp3) is 0.552. The van der Waals surface area contributed by atoms with E-state index in [1.165, 1.54) is 0 Å². The summed E-state index contributed by atoms with van der Waals surface area (Å²) in [5.41, 5.74) is 4.56. The molecule has 0 amide bonds. The fourth-order valence-corrected chi connectivity index (χ4v) is 7.22. The number of carbonyl (C=O) groups is 1. The number of hydrogen-bond donors (Lipinski definition) is 0. The third kappa shape index (κ3) is 5.44. The van der Waals surface area contributed by atoms with Gasteiger partial charge in [0.25, 0.3) is 0 Å². The van der Waals surface area contributed by atoms with Gasteiger partial charge in [-0.3, -0.25) is 4.79 Å². The maximum atomic E-state index is 11.8. The summed E-state index contributed by atoms with van der Waals surface area (Å²) in [5, 5.41) is 4.77. The van der Waals surface area contributed by atoms with Gasteiger partial charge in [0.05, 0.1) is 11.1 Å². The molecule has 5 atom stereocenters. The second kappa shape index (κ2) is 10.6. The summed E-state index contributed by atoms with van der Waals surface area (Å²) >= 11 is 13.4. The fourth-order valence-electron chi connectivity index (χ4n) is 6.62. The highest BCUT2D eigenvalue weighted by Crippen LogP contribution is 2.50. The average molecular weight is 514 g/mol. The second-order valence-corrected chi connectivity index (χ2v) is 11.7. The number of ketones is 1. The van der Waals surface area contributed by atoms with E-state index in [1.807, 2.05) is 18.2 Å². The van der Waals surface area contributed by atoms with E-state index in [0.717, 1.165) is 85.1 Å². The van der Waals surface area contributed by atoms with Crippen LogP contribution in [0.25, 0.3) is 0 Å². The van der Waals surface area contributed by atoms with Crippen LogP contribution in [-0.2, 0) is 17.6 Å². The predicted molar refractivity (Wildman–Crippen MR) is 140 cm³/mol. The van der Waals surface area contributed by atoms with E-state index in [2.05, 4.69) is 24.2 Å². The Morgan fingerprint density at radius 2 is 1.89 bits per heavy atom. The summed E-state index contributed by atoms with van der Waals surface area (Å²) in [5.74, 6) is 2.05. The maximum Gasteiger partial charge on any atom is 0.138 e. The summed E-state index contributed by atoms with van der Waals surface area (Å²) in [6.07, 6.45) is 8.84. The zero-order valence-corrected chi connectivity index (χ0v) is 21.8. The zero-order chi connectivity index (χ0) is 24.5. The highest BCUT2D eigenvalue weighted by Gasteiger charge is 2.42. The van der Waals surface area contributed by atoms with Crippen LogP contribution in [0, 0.1) is 29.6 Å². The molecule has 0 heterocycles. The van der Waals surface area contributed by atoms with Crippen molar-refractivity contribution >= 4 is 29.0 Å². The minimum absolute atomic E-state index is 0.107. The zero-order valence-electron chi connectivity index (χ0n) is 20.3. The summed E-state index contributed by atoms with van der Waals surface area (Å²) in [7, 11) is 0. The highest BCUT2D eigenvalue weighted by molar-refractivity contribution is 6.32. The van der Waals surface area contributed by atoms with Crippen molar-refractivity contribution in [3.8, 4) is 5.75 Å². The van der Waals surface area contributed by atoms with Crippen LogP contribution >= 0.6 is 23.2 Å². The lowest BCUT2D eigenvalue weighted by Gasteiger charge is -2.33. The van der Waals surface area contributed by atoms with Crippen molar-refractivity contribution in [2.24, 2.45) is 22.9 Å². The van der Waals surface area contributed by atoms with Gasteiger partial charge in [0.15, 0.2) is 0 Å². The largest absolute Gasteiger partial charge is 0.484 e. The monoisotopic (exact) mass is 513 g/mol. The Labute approximate surface area is 217 Å². The van der Waals surface area contributed by atoms with E-state index in [1.54, 1.807) is 0 Å². The molecule has 2 aromatic rings. The van der Waals surface area contributed by atoms with Crippen LogP contribution < -0.4 is 4.74 Å². The minimum atomic E-state index is -0.155. The topological polar surface area (TPSA) is 55.7 Å². The van der Waals surface area contributed by atoms with Crippen molar-refractivity contribution < 1.29 is 9.53 Å². The Morgan fingerprint density at radius 1 is 1.03 bits per heavy atom. The molecule has 0 radical (unpaired) electrons. The quantitative estimate of drug-likeness (QED) is 0.365. The van der Waals surface area contributed by atoms with Crippen LogP contribution in [-0.4, -0.2) is 11.8 Å². The molecule has 0 bridgehead atoms. The van der Waals surface area contributed by atoms with Crippen molar-refractivity contribution in [3.63, 3.8) is 0 Å². The molecule has 0 aromatic heterocycles. The van der Waals surface area contributed by atoms with Crippen molar-refractivity contribution in [3.05, 3.63) is 67.5 Å². The van der Waals surface area contributed by atoms with Crippen LogP contribution in [0.1, 0.15) is 79.7 Å². The molecule has 2 saturated carbocycles. The van der Waals surface area contributed by atoms with Gasteiger partial charge in [0.1, 0.15) is 17.6 Å². The Kier molecular flexibility index (Phi) is 7.50. The van der Waals surface area contributed by atoms with Gasteiger partial charge >= 0.3 is 0 Å². The smallest absolute Gasteiger partial charge is 0.138 e. The molecule has 0 aliphatic heterocycles. The van der Waals surface area contributed by atoms with Crippen LogP contribution in [0.3, 0.4) is 0 Å². The molecule has 2 aromatic carbocycles. The molecule has 3 aliphatic rings. The number of fused-ring (bicyclic) bond motifs is 1. The van der Waals surface area contributed by atoms with Gasteiger partial charge in [-0.05, 0) is 104 Å². The molecule has 2 fully saturated rings. The van der Waals surface area contributed by atoms with E-state index >= 15 is 0 Å². The normalized spacial score (nSPS) is 28.5. The minimum Gasteiger partial charge on any atom is -0.484 e. The summed E-state index contributed by atoms with van der Waals surface area (Å²) in [4.78, 5) is 23.2. The number of aryl methyl sites for hydroxylation is 1. The molecule has 186 valence electrons. The van der Waals surface area contributed by atoms with Crippen molar-refractivity contribution in [1.29, 1.82) is 0 Å². The van der Waals surface area contributed by atoms with Gasteiger partial charge in [-0.2, -0.15) is 4.91 Å². The van der Waals surface area contributed by atoms with Gasteiger partial charge in [-0.15, -0.1) is 0 Å². The van der Waals surface area contributed by atoms with Gasteiger partial charge in [-0.25, -0.2) is 0 Å². The summed E-state index contributed by atoms with van der Waals surface area (Å²) in [6, 6.07) is 10.2. The lowest BCUT2D eigenvalue weighted by atomic mass is 9.76. The first-order chi connectivity index (χ1) is 16.9. The van der Waals surface area contributed by atoms with Crippen LogP contribution in [0.2, 0.25) is 10.0 Å². The summed E-state index contributed by atoms with van der Waals surface area (Å²) in [6.45, 7) is 2.06. The lowest BCUT2D eigenvalue weighted by Crippen LogP contribution is -2.29. The summed E-state index contributed by atoms with van der Waals surface area (Å²) < 4.78 is 6.69. The van der Waals surface area contributed by atoms with Gasteiger partial charge in [0.2, 0.25) is 0 Å². The molecule has 0 N–H and O–H groups in total. The number of halogens is 2. The number of rotatable bonds is 6. The van der Waals surface area contributed by atoms with E-state index in [9.17, 15) is 9.70 Å². The van der Waals surface area contributed by atoms with Gasteiger partial charge in [-0.1, -0.05) is 46.9 Å². The SMILES string of the molecule is Cc1cc(Cl)c2c(c1)C(Oc1ccc(CC3CCCC(=O)C3)cc1Cl)C(C1CCCC(N=O)C1)C2. The van der Waals surface area contributed by atoms with Gasteiger partial charge < -0.3 is 4.74 Å². The van der Waals surface area contributed by atoms with E-state index in [0.29, 0.717) is 34.8 Å². The molecule has 3 aliphatic carbocycles. The highest BCUT2D eigenvalue weighted by atomic mass is 35.5. The third-order valence-electron chi connectivity index (χ3n) is 8.31. The Bertz CT molecular complexity index is 1120. The van der Waals surface area contributed by atoms with Crippen LogP contribution in [0.4, 0.5) is 0 Å². The number of nitroso groups, excluding NO2 is 1. The lowest BCUT2D eigenvalue weighted by molar-refractivity contribution is -0.121. The molecule has 6 heteroatoms. The van der Waals surface area contributed by atoms with Crippen LogP contribution in [0.5, 0.6) is 5.75 Å². The molecule has 5 unspecified atom stereocenters. The molecule has 0 spiro atoms. The average Bonchev–Trinajstić information content (AvgIpc) is 3.19. The molecular formula is C29H33Cl2NO3. The molecule has 4 nitrogen and oxygen atoms in total. The van der Waals surface area contributed by atoms with Crippen molar-refractivity contribution in [1.82, 2.24) is 0 Å². The number of Topliss-reactive ketones (excluding diaryl/α,β-unsaturated/α-hetero) is 1. The first-order valence-corrected chi connectivity index (χ1v) is 13.7. The van der Waals surface area contributed by atoms with Crippen molar-refractivity contribution in [2.45, 2.75) is 83.3 Å². The number of benzene rings is 2. The molecule has 35 heavy (non-hydrogen) atoms. The first kappa shape index (κ1) is 24.8. The van der Waals surface area contributed by atoms with Crippen LogP contribution in [0.15, 0.2) is 35.5 Å². The predicted octanol–water partition coefficient (Wildman–Crippen LogP) is 8.22. The number of nitrogens with zero attached hydrogens (tertiary/aromatic N) is 1. The second-order valence-electron chi connectivity index (χ2n) is 10.9. The van der Waals surface area contributed by atoms with Gasteiger partial charge in [0, 0.05) is 23.8 Å². The molecule has 5 rings (SSSR count). The van der Waals surface area contributed by atoms with E-state index in [-0.39, 0.29) is 18.1 Å². The maximum absolute atomic E-state index is 11.8. The molecule has 0 saturated heterocycles. The third-order valence-corrected chi connectivity index (χ3v) is 8.94. The van der Waals surface area contributed by atoms with E-state index in [4.69, 9.17) is 27.9 Å². The Morgan fingerprint density at radius 3 is 2.66 bits per heavy atom. The first-order valence-electron chi connectivity index (χ1n) is 13.0. The molecular weight excluding hydrogens is 481 g/mol. The number of hydrogen-bond acceptors (Lipinski definition) is 4. The standard InChI is InChI=1S/C29H33Cl2NO3/c1-17-10-25-24(26(30)11-17)16-23(20-5-3-6-21(15-20)32-34)29(25)35-28-9-8-19(14-27(28)31)12-18-4-2-7-22(33)13-18/h8-11,14,18,20-21,23,29H,2-7,12-13,15-16H2,1H3. The Hall–Kier alpha value is -1.91.